The van der Waals surface area contributed by atoms with Gasteiger partial charge in [0.15, 0.2) is 5.75 Å². The maximum Gasteiger partial charge on any atom is 0.151 e. The molecule has 0 saturated carbocycles. The molecule has 1 rings (SSSR count). The van der Waals surface area contributed by atoms with Crippen LogP contribution in [0.15, 0.2) is 18.2 Å². The third-order valence-corrected chi connectivity index (χ3v) is 1.92. The first-order valence-electron chi connectivity index (χ1n) is 3.84. The van der Waals surface area contributed by atoms with Gasteiger partial charge in [0.25, 0.3) is 0 Å². The molecular weight excluding hydrogens is 283 g/mol. The minimum atomic E-state index is 0.637. The van der Waals surface area contributed by atoms with Gasteiger partial charge in [-0.1, -0.05) is 10.6 Å². The molecule has 0 fully saturated rings. The number of rotatable bonds is 4. The number of nitrogens with two attached hydrogens (primary N) is 1. The summed E-state index contributed by atoms with van der Waals surface area (Å²) < 4.78 is 2.59. The summed E-state index contributed by atoms with van der Waals surface area (Å²) in [6.07, 6.45) is 0.866. The van der Waals surface area contributed by atoms with Crippen LogP contribution in [-0.4, -0.2) is 0 Å². The van der Waals surface area contributed by atoms with Crippen molar-refractivity contribution in [3.8, 4) is 11.5 Å². The number of nitrogens with one attached hydrogen (secondary N) is 1. The maximum atomic E-state index is 5.17. The van der Waals surface area contributed by atoms with Crippen LogP contribution in [0.2, 0.25) is 0 Å². The quantitative estimate of drug-likeness (QED) is 0.504. The van der Waals surface area contributed by atoms with E-state index in [1.807, 2.05) is 41.9 Å². The zero-order valence-corrected chi connectivity index (χ0v) is 9.37. The van der Waals surface area contributed by atoms with Gasteiger partial charge in [-0.25, -0.2) is 0 Å². The Kier molecular flexibility index (Phi) is 4.26. The van der Waals surface area contributed by atoms with Crippen molar-refractivity contribution in [3.63, 3.8) is 0 Å². The summed E-state index contributed by atoms with van der Waals surface area (Å²) in [6, 6.07) is 5.42. The van der Waals surface area contributed by atoms with Crippen molar-refractivity contribution in [2.24, 2.45) is 5.90 Å². The SMILES string of the molecule is CCc1cc(ON)ccc1ONI. The Labute approximate surface area is 90.8 Å². The van der Waals surface area contributed by atoms with E-state index < -0.39 is 0 Å². The molecule has 0 saturated heterocycles. The van der Waals surface area contributed by atoms with Crippen LogP contribution in [0.3, 0.4) is 0 Å². The van der Waals surface area contributed by atoms with E-state index >= 15 is 0 Å². The Balaban J connectivity index is 2.93. The van der Waals surface area contributed by atoms with Crippen molar-refractivity contribution in [1.29, 1.82) is 0 Å². The minimum absolute atomic E-state index is 0.637. The third-order valence-electron chi connectivity index (χ3n) is 1.70. The first kappa shape index (κ1) is 10.6. The van der Waals surface area contributed by atoms with E-state index in [1.54, 1.807) is 6.07 Å². The van der Waals surface area contributed by atoms with Crippen LogP contribution in [0.4, 0.5) is 0 Å². The summed E-state index contributed by atoms with van der Waals surface area (Å²) in [5.41, 5.74) is 1.05. The van der Waals surface area contributed by atoms with Crippen molar-refractivity contribution in [2.75, 3.05) is 0 Å². The fourth-order valence-corrected chi connectivity index (χ4v) is 1.28. The molecule has 0 spiro atoms. The lowest BCUT2D eigenvalue weighted by Gasteiger charge is -2.08. The normalized spacial score (nSPS) is 9.77. The molecule has 0 aliphatic carbocycles. The fourth-order valence-electron chi connectivity index (χ4n) is 1.05. The van der Waals surface area contributed by atoms with Crippen LogP contribution in [0.5, 0.6) is 11.5 Å². The number of hydrogen-bond acceptors (Lipinski definition) is 4. The predicted octanol–water partition coefficient (Wildman–Crippen LogP) is 1.73. The van der Waals surface area contributed by atoms with Crippen molar-refractivity contribution >= 4 is 22.9 Å². The summed E-state index contributed by atoms with van der Waals surface area (Å²) in [4.78, 5) is 9.78. The molecule has 72 valence electrons. The molecule has 0 radical (unpaired) electrons. The maximum absolute atomic E-state index is 5.17. The Morgan fingerprint density at radius 1 is 1.54 bits per heavy atom. The number of hydrogen-bond donors (Lipinski definition) is 2. The van der Waals surface area contributed by atoms with Crippen molar-refractivity contribution in [2.45, 2.75) is 13.3 Å². The molecule has 1 aromatic carbocycles. The van der Waals surface area contributed by atoms with E-state index in [-0.39, 0.29) is 0 Å². The van der Waals surface area contributed by atoms with Crippen LogP contribution in [0, 0.1) is 0 Å². The minimum Gasteiger partial charge on any atom is -0.412 e. The van der Waals surface area contributed by atoms with E-state index in [9.17, 15) is 0 Å². The lowest BCUT2D eigenvalue weighted by molar-refractivity contribution is 0.296. The molecule has 4 nitrogen and oxygen atoms in total. The van der Waals surface area contributed by atoms with E-state index in [0.717, 1.165) is 17.7 Å². The molecule has 0 atom stereocenters. The van der Waals surface area contributed by atoms with Crippen LogP contribution < -0.4 is 19.3 Å². The topological polar surface area (TPSA) is 56.5 Å². The lowest BCUT2D eigenvalue weighted by Crippen LogP contribution is -2.07. The van der Waals surface area contributed by atoms with E-state index in [1.165, 1.54) is 0 Å². The first-order chi connectivity index (χ1) is 6.31. The van der Waals surface area contributed by atoms with Gasteiger partial charge in [0, 0.05) is 5.56 Å². The van der Waals surface area contributed by atoms with Gasteiger partial charge >= 0.3 is 0 Å². The van der Waals surface area contributed by atoms with Crippen LogP contribution in [-0.2, 0) is 6.42 Å². The van der Waals surface area contributed by atoms with Crippen LogP contribution >= 0.6 is 22.9 Å². The van der Waals surface area contributed by atoms with Crippen LogP contribution in [0.1, 0.15) is 12.5 Å². The monoisotopic (exact) mass is 294 g/mol. The Morgan fingerprint density at radius 3 is 2.85 bits per heavy atom. The molecule has 0 bridgehead atoms. The number of halogens is 1. The Bertz CT molecular complexity index is 281. The Morgan fingerprint density at radius 2 is 2.31 bits per heavy atom. The average molecular weight is 294 g/mol. The van der Waals surface area contributed by atoms with Gasteiger partial charge in [-0.2, -0.15) is 5.90 Å². The highest BCUT2D eigenvalue weighted by Crippen LogP contribution is 2.23. The number of benzene rings is 1. The van der Waals surface area contributed by atoms with Gasteiger partial charge in [0.05, 0.1) is 22.9 Å². The van der Waals surface area contributed by atoms with Crippen LogP contribution in [0.25, 0.3) is 0 Å². The summed E-state index contributed by atoms with van der Waals surface area (Å²) in [5, 5.41) is 0. The summed E-state index contributed by atoms with van der Waals surface area (Å²) in [5.74, 6) is 6.47. The highest BCUT2D eigenvalue weighted by atomic mass is 127. The summed E-state index contributed by atoms with van der Waals surface area (Å²) in [7, 11) is 0. The van der Waals surface area contributed by atoms with E-state index in [4.69, 9.17) is 10.7 Å². The zero-order chi connectivity index (χ0) is 9.68. The first-order valence-corrected chi connectivity index (χ1v) is 4.91. The molecule has 0 aliphatic rings. The van der Waals surface area contributed by atoms with Gasteiger partial charge in [-0.05, 0) is 24.6 Å². The summed E-state index contributed by atoms with van der Waals surface area (Å²) in [6.45, 7) is 2.04. The molecule has 0 aliphatic heterocycles. The van der Waals surface area contributed by atoms with E-state index in [2.05, 4.69) is 8.53 Å². The van der Waals surface area contributed by atoms with Gasteiger partial charge in [0.2, 0.25) is 0 Å². The molecular formula is C8H11IN2O2. The van der Waals surface area contributed by atoms with Gasteiger partial charge < -0.3 is 9.68 Å². The second kappa shape index (κ2) is 5.25. The Hall–Kier alpha value is -0.530. The smallest absolute Gasteiger partial charge is 0.151 e. The predicted molar refractivity (Wildman–Crippen MR) is 58.4 cm³/mol. The number of aryl methyl sites for hydroxylation is 1. The molecule has 0 amide bonds. The standard InChI is InChI=1S/C8H11IN2O2/c1-2-6-5-7(12-10)3-4-8(6)13-11-9/h3-5,11H,2,10H2,1H3. The van der Waals surface area contributed by atoms with Gasteiger partial charge in [-0.15, -0.1) is 0 Å². The largest absolute Gasteiger partial charge is 0.412 e. The molecule has 0 heterocycles. The second-order valence-corrected chi connectivity index (χ2v) is 2.86. The molecule has 5 heteroatoms. The molecule has 13 heavy (non-hydrogen) atoms. The third kappa shape index (κ3) is 2.71. The average Bonchev–Trinajstić information content (AvgIpc) is 2.19. The van der Waals surface area contributed by atoms with Crippen molar-refractivity contribution in [3.05, 3.63) is 23.8 Å². The lowest BCUT2D eigenvalue weighted by atomic mass is 10.1. The zero-order valence-electron chi connectivity index (χ0n) is 7.21. The highest BCUT2D eigenvalue weighted by molar-refractivity contribution is 14.1. The van der Waals surface area contributed by atoms with Gasteiger partial charge in [-0.3, -0.25) is 0 Å². The highest BCUT2D eigenvalue weighted by Gasteiger charge is 2.03. The molecule has 1 aromatic rings. The molecule has 3 N–H and O–H groups in total. The van der Waals surface area contributed by atoms with E-state index in [0.29, 0.717) is 5.75 Å². The molecule has 0 unspecified atom stereocenters. The summed E-state index contributed by atoms with van der Waals surface area (Å²) >= 11 is 1.91. The molecule has 0 aromatic heterocycles. The van der Waals surface area contributed by atoms with Crippen molar-refractivity contribution in [1.82, 2.24) is 3.69 Å². The van der Waals surface area contributed by atoms with Crippen molar-refractivity contribution < 1.29 is 9.68 Å². The second-order valence-electron chi connectivity index (χ2n) is 2.42. The fraction of sp³-hybridized carbons (Fsp3) is 0.250. The van der Waals surface area contributed by atoms with Gasteiger partial charge in [0.1, 0.15) is 5.75 Å².